The third-order valence-corrected chi connectivity index (χ3v) is 4.71. The maximum atomic E-state index is 12.5. The van der Waals surface area contributed by atoms with Crippen LogP contribution in [-0.4, -0.2) is 60.4 Å². The smallest absolute Gasteiger partial charge is 0.246 e. The summed E-state index contributed by atoms with van der Waals surface area (Å²) in [5.74, 6) is 2.31. The number of benzene rings is 1. The Morgan fingerprint density at radius 2 is 2.14 bits per heavy atom. The lowest BCUT2D eigenvalue weighted by Crippen LogP contribution is -2.46. The molecule has 4 heteroatoms. The van der Waals surface area contributed by atoms with Gasteiger partial charge in [-0.15, -0.1) is 0 Å². The molecule has 1 fully saturated rings. The molecule has 1 amide bonds. The standard InChI is InChI=1S/C17H24N2OS/c1-18(2)13-16-14-21-12-6-11-19(16)17(20)10-9-15-7-4-3-5-8-15/h3-5,7-10,16H,6,11-14H2,1-2H3/b10-9+. The number of nitrogens with zero attached hydrogens (tertiary/aromatic N) is 2. The average Bonchev–Trinajstić information content (AvgIpc) is 2.71. The number of carbonyl (C=O) groups excluding carboxylic acids is 1. The Bertz CT molecular complexity index is 473. The number of carbonyl (C=O) groups is 1. The van der Waals surface area contributed by atoms with Crippen molar-refractivity contribution in [3.05, 3.63) is 42.0 Å². The van der Waals surface area contributed by atoms with Crippen LogP contribution < -0.4 is 0 Å². The van der Waals surface area contributed by atoms with Gasteiger partial charge < -0.3 is 9.80 Å². The van der Waals surface area contributed by atoms with E-state index < -0.39 is 0 Å². The summed E-state index contributed by atoms with van der Waals surface area (Å²) in [5, 5.41) is 0. The van der Waals surface area contributed by atoms with Gasteiger partial charge in [0.1, 0.15) is 0 Å². The highest BCUT2D eigenvalue weighted by atomic mass is 32.2. The fourth-order valence-corrected chi connectivity index (χ4v) is 3.58. The van der Waals surface area contributed by atoms with Gasteiger partial charge >= 0.3 is 0 Å². The van der Waals surface area contributed by atoms with Crippen molar-refractivity contribution < 1.29 is 4.79 Å². The van der Waals surface area contributed by atoms with Gasteiger partial charge in [-0.1, -0.05) is 30.3 Å². The van der Waals surface area contributed by atoms with Crippen molar-refractivity contribution in [3.63, 3.8) is 0 Å². The molecule has 0 spiro atoms. The van der Waals surface area contributed by atoms with Gasteiger partial charge in [-0.05, 0) is 37.9 Å². The molecule has 1 atom stereocenters. The van der Waals surface area contributed by atoms with Crippen molar-refractivity contribution in [2.24, 2.45) is 0 Å². The molecule has 1 aliphatic rings. The first-order valence-corrected chi connectivity index (χ1v) is 8.58. The minimum atomic E-state index is 0.133. The van der Waals surface area contributed by atoms with Crippen molar-refractivity contribution in [1.29, 1.82) is 0 Å². The molecule has 1 aromatic carbocycles. The second kappa shape index (κ2) is 8.25. The molecule has 3 nitrogen and oxygen atoms in total. The maximum Gasteiger partial charge on any atom is 0.246 e. The fraction of sp³-hybridized carbons (Fsp3) is 0.471. The van der Waals surface area contributed by atoms with E-state index in [1.807, 2.05) is 53.1 Å². The van der Waals surface area contributed by atoms with Crippen LogP contribution in [0.3, 0.4) is 0 Å². The number of likely N-dealkylation sites (N-methyl/N-ethyl adjacent to an activating group) is 1. The van der Waals surface area contributed by atoms with E-state index in [0.717, 1.165) is 36.6 Å². The highest BCUT2D eigenvalue weighted by molar-refractivity contribution is 7.99. The molecule has 0 aromatic heterocycles. The van der Waals surface area contributed by atoms with Crippen molar-refractivity contribution in [2.45, 2.75) is 12.5 Å². The second-order valence-electron chi connectivity index (χ2n) is 5.62. The van der Waals surface area contributed by atoms with Gasteiger partial charge in [0.2, 0.25) is 5.91 Å². The molecule has 0 N–H and O–H groups in total. The van der Waals surface area contributed by atoms with Crippen LogP contribution in [-0.2, 0) is 4.79 Å². The molecule has 2 rings (SSSR count). The number of hydrogen-bond donors (Lipinski definition) is 0. The van der Waals surface area contributed by atoms with E-state index in [1.165, 1.54) is 0 Å². The molecule has 21 heavy (non-hydrogen) atoms. The molecule has 0 bridgehead atoms. The number of amides is 1. The molecule has 0 saturated carbocycles. The Morgan fingerprint density at radius 3 is 2.86 bits per heavy atom. The van der Waals surface area contributed by atoms with Crippen LogP contribution in [0.1, 0.15) is 12.0 Å². The van der Waals surface area contributed by atoms with E-state index in [-0.39, 0.29) is 5.91 Å². The van der Waals surface area contributed by atoms with Gasteiger partial charge in [0, 0.05) is 24.9 Å². The van der Waals surface area contributed by atoms with Gasteiger partial charge in [0.25, 0.3) is 0 Å². The molecule has 1 saturated heterocycles. The summed E-state index contributed by atoms with van der Waals surface area (Å²) in [4.78, 5) is 16.7. The number of rotatable bonds is 4. The normalized spacial score (nSPS) is 20.0. The first-order chi connectivity index (χ1) is 10.2. The molecular weight excluding hydrogens is 280 g/mol. The lowest BCUT2D eigenvalue weighted by atomic mass is 10.2. The SMILES string of the molecule is CN(C)CC1CSCCCN1C(=O)/C=C/c1ccccc1. The van der Waals surface area contributed by atoms with Crippen molar-refractivity contribution >= 4 is 23.7 Å². The van der Waals surface area contributed by atoms with E-state index >= 15 is 0 Å². The van der Waals surface area contributed by atoms with E-state index in [4.69, 9.17) is 0 Å². The number of hydrogen-bond acceptors (Lipinski definition) is 3. The average molecular weight is 304 g/mol. The first-order valence-electron chi connectivity index (χ1n) is 7.43. The highest BCUT2D eigenvalue weighted by Gasteiger charge is 2.24. The van der Waals surface area contributed by atoms with Crippen LogP contribution in [0.4, 0.5) is 0 Å². The third-order valence-electron chi connectivity index (χ3n) is 3.52. The fourth-order valence-electron chi connectivity index (χ4n) is 2.52. The Balaban J connectivity index is 2.04. The summed E-state index contributed by atoms with van der Waals surface area (Å²) in [7, 11) is 4.13. The van der Waals surface area contributed by atoms with Gasteiger partial charge in [0.15, 0.2) is 0 Å². The quantitative estimate of drug-likeness (QED) is 0.799. The van der Waals surface area contributed by atoms with Gasteiger partial charge in [-0.2, -0.15) is 11.8 Å². The Labute approximate surface area is 132 Å². The zero-order valence-electron chi connectivity index (χ0n) is 12.9. The summed E-state index contributed by atoms with van der Waals surface area (Å²) in [6, 6.07) is 10.3. The molecule has 114 valence electrons. The van der Waals surface area contributed by atoms with Gasteiger partial charge in [-0.3, -0.25) is 4.79 Å². The van der Waals surface area contributed by atoms with E-state index in [0.29, 0.717) is 6.04 Å². The van der Waals surface area contributed by atoms with Crippen molar-refractivity contribution in [3.8, 4) is 0 Å². The Hall–Kier alpha value is -1.26. The number of thioether (sulfide) groups is 1. The van der Waals surface area contributed by atoms with Crippen LogP contribution in [0.15, 0.2) is 36.4 Å². The topological polar surface area (TPSA) is 23.6 Å². The lowest BCUT2D eigenvalue weighted by Gasteiger charge is -2.30. The summed E-state index contributed by atoms with van der Waals surface area (Å²) < 4.78 is 0. The van der Waals surface area contributed by atoms with E-state index in [2.05, 4.69) is 19.0 Å². The second-order valence-corrected chi connectivity index (χ2v) is 6.77. The predicted molar refractivity (Wildman–Crippen MR) is 91.5 cm³/mol. The summed E-state index contributed by atoms with van der Waals surface area (Å²) in [6.45, 7) is 1.79. The van der Waals surface area contributed by atoms with Crippen molar-refractivity contribution in [2.75, 3.05) is 38.7 Å². The van der Waals surface area contributed by atoms with Crippen molar-refractivity contribution in [1.82, 2.24) is 9.80 Å². The Morgan fingerprint density at radius 1 is 1.38 bits per heavy atom. The molecule has 0 aliphatic carbocycles. The molecule has 1 aliphatic heterocycles. The molecule has 0 radical (unpaired) electrons. The van der Waals surface area contributed by atoms with Gasteiger partial charge in [-0.25, -0.2) is 0 Å². The third kappa shape index (κ3) is 5.21. The predicted octanol–water partition coefficient (Wildman–Crippen LogP) is 2.60. The van der Waals surface area contributed by atoms with E-state index in [1.54, 1.807) is 6.08 Å². The molecule has 1 unspecified atom stereocenters. The molecular formula is C17H24N2OS. The minimum Gasteiger partial charge on any atom is -0.334 e. The zero-order chi connectivity index (χ0) is 15.1. The lowest BCUT2D eigenvalue weighted by molar-refractivity contribution is -0.128. The van der Waals surface area contributed by atoms with Crippen LogP contribution >= 0.6 is 11.8 Å². The summed E-state index contributed by atoms with van der Waals surface area (Å²) >= 11 is 1.96. The highest BCUT2D eigenvalue weighted by Crippen LogP contribution is 2.17. The monoisotopic (exact) mass is 304 g/mol. The largest absolute Gasteiger partial charge is 0.334 e. The maximum absolute atomic E-state index is 12.5. The van der Waals surface area contributed by atoms with Crippen LogP contribution in [0.5, 0.6) is 0 Å². The van der Waals surface area contributed by atoms with Crippen LogP contribution in [0.25, 0.3) is 6.08 Å². The Kier molecular flexibility index (Phi) is 6.33. The van der Waals surface area contributed by atoms with Gasteiger partial charge in [0.05, 0.1) is 6.04 Å². The minimum absolute atomic E-state index is 0.133. The van der Waals surface area contributed by atoms with Crippen LogP contribution in [0.2, 0.25) is 0 Å². The first kappa shape index (κ1) is 16.1. The van der Waals surface area contributed by atoms with E-state index in [9.17, 15) is 4.79 Å². The van der Waals surface area contributed by atoms with Crippen LogP contribution in [0, 0.1) is 0 Å². The summed E-state index contributed by atoms with van der Waals surface area (Å²) in [5.41, 5.74) is 1.07. The molecule has 1 heterocycles. The zero-order valence-corrected chi connectivity index (χ0v) is 13.7. The summed E-state index contributed by atoms with van der Waals surface area (Å²) in [6.07, 6.45) is 4.71. The molecule has 1 aromatic rings.